The smallest absolute Gasteiger partial charge is 0.317 e. The molecular formula is C6H9NO2. The maximum absolute atomic E-state index is 9.85. The summed E-state index contributed by atoms with van der Waals surface area (Å²) in [6.07, 6.45) is 1.63. The molecule has 0 aromatic rings. The van der Waals surface area contributed by atoms with Gasteiger partial charge in [-0.3, -0.25) is 4.79 Å². The minimum atomic E-state index is -0.854. The molecule has 3 nitrogen and oxygen atoms in total. The number of hydrogen-bond acceptors (Lipinski definition) is 2. The summed E-state index contributed by atoms with van der Waals surface area (Å²) < 4.78 is 0. The molecule has 0 aromatic carbocycles. The van der Waals surface area contributed by atoms with Crippen LogP contribution in [0.4, 0.5) is 0 Å². The van der Waals surface area contributed by atoms with Gasteiger partial charge in [0.25, 0.3) is 0 Å². The Morgan fingerprint density at radius 3 is 3.00 bits per heavy atom. The van der Waals surface area contributed by atoms with Crippen molar-refractivity contribution in [1.82, 2.24) is 5.32 Å². The molecule has 2 N–H and O–H groups in total. The normalized spacial score (nSPS) is 8.00. The van der Waals surface area contributed by atoms with E-state index in [2.05, 4.69) is 17.6 Å². The van der Waals surface area contributed by atoms with Crippen LogP contribution in [-0.2, 0) is 4.79 Å². The van der Waals surface area contributed by atoms with Crippen LogP contribution in [0.2, 0.25) is 0 Å². The van der Waals surface area contributed by atoms with Crippen LogP contribution in [0.15, 0.2) is 18.4 Å². The van der Waals surface area contributed by atoms with Crippen molar-refractivity contribution >= 4 is 5.97 Å². The van der Waals surface area contributed by atoms with Gasteiger partial charge in [0.15, 0.2) is 0 Å². The third-order valence-electron chi connectivity index (χ3n) is 0.667. The van der Waals surface area contributed by atoms with Gasteiger partial charge >= 0.3 is 5.97 Å². The molecule has 0 heterocycles. The molecule has 0 radical (unpaired) electrons. The molecule has 0 saturated carbocycles. The Kier molecular flexibility index (Phi) is 4.50. The topological polar surface area (TPSA) is 49.3 Å². The first-order chi connectivity index (χ1) is 4.27. The van der Waals surface area contributed by atoms with E-state index < -0.39 is 5.97 Å². The predicted octanol–water partition coefficient (Wildman–Crippen LogP) is 0.00170. The van der Waals surface area contributed by atoms with Crippen LogP contribution in [0.5, 0.6) is 0 Å². The van der Waals surface area contributed by atoms with Gasteiger partial charge in [-0.25, -0.2) is 0 Å². The van der Waals surface area contributed by atoms with Gasteiger partial charge in [-0.1, -0.05) is 6.58 Å². The molecule has 0 unspecified atom stereocenters. The van der Waals surface area contributed by atoms with Gasteiger partial charge in [-0.2, -0.15) is 0 Å². The third-order valence-corrected chi connectivity index (χ3v) is 0.667. The maximum atomic E-state index is 9.85. The van der Waals surface area contributed by atoms with Gasteiger partial charge in [0.1, 0.15) is 0 Å². The fourth-order valence-electron chi connectivity index (χ4n) is 0.323. The number of carbonyl (C=O) groups is 1. The molecule has 0 aliphatic rings. The average Bonchev–Trinajstić information content (AvgIpc) is 1.80. The molecule has 0 aromatic heterocycles. The lowest BCUT2D eigenvalue weighted by molar-refractivity contribution is -0.135. The van der Waals surface area contributed by atoms with Gasteiger partial charge in [0.2, 0.25) is 0 Å². The van der Waals surface area contributed by atoms with E-state index in [-0.39, 0.29) is 6.54 Å². The Balaban J connectivity index is 3.10. The summed E-state index contributed by atoms with van der Waals surface area (Å²) in [5, 5.41) is 10.7. The highest BCUT2D eigenvalue weighted by atomic mass is 16.4. The summed E-state index contributed by atoms with van der Waals surface area (Å²) in [5.74, 6) is -0.854. The molecule has 0 saturated heterocycles. The molecule has 50 valence electrons. The first-order valence-electron chi connectivity index (χ1n) is 2.54. The number of aliphatic carboxylic acids is 1. The Hall–Kier alpha value is -1.05. The monoisotopic (exact) mass is 127 g/mol. The van der Waals surface area contributed by atoms with E-state index in [4.69, 9.17) is 5.11 Å². The van der Waals surface area contributed by atoms with E-state index in [0.717, 1.165) is 0 Å². The van der Waals surface area contributed by atoms with Gasteiger partial charge in [-0.15, -0.1) is 5.73 Å². The van der Waals surface area contributed by atoms with Crippen LogP contribution >= 0.6 is 0 Å². The van der Waals surface area contributed by atoms with Crippen molar-refractivity contribution in [1.29, 1.82) is 0 Å². The zero-order valence-electron chi connectivity index (χ0n) is 5.05. The molecule has 0 aliphatic carbocycles. The molecule has 0 amide bonds. The van der Waals surface area contributed by atoms with E-state index in [1.165, 1.54) is 0 Å². The van der Waals surface area contributed by atoms with E-state index in [9.17, 15) is 4.79 Å². The average molecular weight is 127 g/mol. The largest absolute Gasteiger partial charge is 0.480 e. The van der Waals surface area contributed by atoms with Crippen molar-refractivity contribution in [3.63, 3.8) is 0 Å². The molecule has 0 fully saturated rings. The van der Waals surface area contributed by atoms with Crippen LogP contribution in [0.25, 0.3) is 0 Å². The summed E-state index contributed by atoms with van der Waals surface area (Å²) in [7, 11) is 0. The van der Waals surface area contributed by atoms with Crippen molar-refractivity contribution < 1.29 is 9.90 Å². The zero-order valence-corrected chi connectivity index (χ0v) is 5.05. The second kappa shape index (κ2) is 5.09. The lowest BCUT2D eigenvalue weighted by Gasteiger charge is -1.91. The van der Waals surface area contributed by atoms with Crippen molar-refractivity contribution in [3.05, 3.63) is 18.4 Å². The summed E-state index contributed by atoms with van der Waals surface area (Å²) in [6.45, 7) is 3.80. The number of carboxylic acids is 1. The summed E-state index contributed by atoms with van der Waals surface area (Å²) in [6, 6.07) is 0. The Labute approximate surface area is 53.7 Å². The predicted molar refractivity (Wildman–Crippen MR) is 34.2 cm³/mol. The van der Waals surface area contributed by atoms with Crippen LogP contribution in [0.3, 0.4) is 0 Å². The summed E-state index contributed by atoms with van der Waals surface area (Å²) >= 11 is 0. The standard InChI is InChI=1S/C6H9NO2/c1-2-3-4-7-5-6(8)9/h3,7H,1,4-5H2,(H,8,9). The highest BCUT2D eigenvalue weighted by molar-refractivity contribution is 5.68. The third kappa shape index (κ3) is 6.95. The second-order valence-corrected chi connectivity index (χ2v) is 1.43. The molecule has 0 atom stereocenters. The molecule has 9 heavy (non-hydrogen) atoms. The fraction of sp³-hybridized carbons (Fsp3) is 0.333. The first-order valence-corrected chi connectivity index (χ1v) is 2.54. The molecule has 0 aliphatic heterocycles. The van der Waals surface area contributed by atoms with E-state index in [1.807, 2.05) is 0 Å². The minimum absolute atomic E-state index is 0.0157. The number of rotatable bonds is 4. The second-order valence-electron chi connectivity index (χ2n) is 1.43. The van der Waals surface area contributed by atoms with Crippen LogP contribution in [-0.4, -0.2) is 24.2 Å². The summed E-state index contributed by atoms with van der Waals surface area (Å²) in [4.78, 5) is 9.85. The van der Waals surface area contributed by atoms with E-state index in [1.54, 1.807) is 6.08 Å². The van der Waals surface area contributed by atoms with Crippen molar-refractivity contribution in [3.8, 4) is 0 Å². The minimum Gasteiger partial charge on any atom is -0.480 e. The number of carboxylic acid groups (broad SMARTS) is 1. The lowest BCUT2D eigenvalue weighted by Crippen LogP contribution is -2.22. The Bertz CT molecular complexity index is 134. The highest BCUT2D eigenvalue weighted by Crippen LogP contribution is 1.62. The van der Waals surface area contributed by atoms with Crippen molar-refractivity contribution in [2.24, 2.45) is 0 Å². The van der Waals surface area contributed by atoms with Crippen LogP contribution < -0.4 is 5.32 Å². The van der Waals surface area contributed by atoms with Gasteiger partial charge in [0.05, 0.1) is 6.54 Å². The first kappa shape index (κ1) is 7.95. The summed E-state index contributed by atoms with van der Waals surface area (Å²) in [5.41, 5.74) is 2.51. The molecular weight excluding hydrogens is 118 g/mol. The number of nitrogens with one attached hydrogen (secondary N) is 1. The molecule has 0 rings (SSSR count). The van der Waals surface area contributed by atoms with Gasteiger partial charge in [-0.05, 0) is 6.08 Å². The van der Waals surface area contributed by atoms with Crippen LogP contribution in [0.1, 0.15) is 0 Å². The molecule has 0 bridgehead atoms. The highest BCUT2D eigenvalue weighted by Gasteiger charge is 1.90. The van der Waals surface area contributed by atoms with Gasteiger partial charge < -0.3 is 10.4 Å². The van der Waals surface area contributed by atoms with Crippen molar-refractivity contribution in [2.45, 2.75) is 0 Å². The molecule has 3 heteroatoms. The molecule has 0 spiro atoms. The van der Waals surface area contributed by atoms with Crippen molar-refractivity contribution in [2.75, 3.05) is 13.1 Å². The fourth-order valence-corrected chi connectivity index (χ4v) is 0.323. The van der Waals surface area contributed by atoms with Gasteiger partial charge in [0, 0.05) is 6.54 Å². The Morgan fingerprint density at radius 2 is 2.56 bits per heavy atom. The van der Waals surface area contributed by atoms with E-state index in [0.29, 0.717) is 6.54 Å². The quantitative estimate of drug-likeness (QED) is 0.413. The van der Waals surface area contributed by atoms with E-state index >= 15 is 0 Å². The zero-order chi connectivity index (χ0) is 7.11. The SMILES string of the molecule is C=C=CCNCC(=O)O. The lowest BCUT2D eigenvalue weighted by atomic mass is 10.5. The van der Waals surface area contributed by atoms with Crippen LogP contribution in [0, 0.1) is 0 Å². The maximum Gasteiger partial charge on any atom is 0.317 e. The Morgan fingerprint density at radius 1 is 1.89 bits per heavy atom. The number of hydrogen-bond donors (Lipinski definition) is 2.